The van der Waals surface area contributed by atoms with Gasteiger partial charge in [-0.05, 0) is 37.7 Å². The van der Waals surface area contributed by atoms with Crippen molar-refractivity contribution in [3.8, 4) is 6.07 Å². The number of hydrogen-bond donors (Lipinski definition) is 0. The molecule has 94 valence electrons. The van der Waals surface area contributed by atoms with Crippen molar-refractivity contribution in [2.45, 2.75) is 44.6 Å². The minimum Gasteiger partial charge on any atom is -0.338 e. The molecule has 0 bridgehead atoms. The van der Waals surface area contributed by atoms with Crippen LogP contribution in [0.1, 0.15) is 44.2 Å². The molecule has 0 amide bonds. The number of aromatic nitrogens is 2. The number of nitriles is 1. The molecule has 1 aromatic rings. The van der Waals surface area contributed by atoms with Gasteiger partial charge in [0.15, 0.2) is 0 Å². The van der Waals surface area contributed by atoms with Gasteiger partial charge in [-0.3, -0.25) is 0 Å². The first-order valence-electron chi connectivity index (χ1n) is 6.88. The van der Waals surface area contributed by atoms with Gasteiger partial charge in [0.2, 0.25) is 5.95 Å². The molecule has 0 spiro atoms. The lowest BCUT2D eigenvalue weighted by molar-refractivity contribution is 0.241. The number of nitrogens with zero attached hydrogens (tertiary/aromatic N) is 4. The van der Waals surface area contributed by atoms with Crippen molar-refractivity contribution in [3.63, 3.8) is 0 Å². The quantitative estimate of drug-likeness (QED) is 0.759. The number of piperidine rings is 1. The number of rotatable bonds is 1. The summed E-state index contributed by atoms with van der Waals surface area (Å²) in [5.74, 6) is 1.56. The SMILES string of the molecule is N#Cc1ccnc(N2CCCC3CCCCC32)n1. The highest BCUT2D eigenvalue weighted by molar-refractivity contribution is 5.36. The lowest BCUT2D eigenvalue weighted by Crippen LogP contribution is -2.47. The van der Waals surface area contributed by atoms with Gasteiger partial charge in [0.1, 0.15) is 11.8 Å². The molecule has 18 heavy (non-hydrogen) atoms. The van der Waals surface area contributed by atoms with Gasteiger partial charge < -0.3 is 4.90 Å². The summed E-state index contributed by atoms with van der Waals surface area (Å²) in [5.41, 5.74) is 0.470. The Kier molecular flexibility index (Phi) is 3.14. The Morgan fingerprint density at radius 2 is 2.06 bits per heavy atom. The summed E-state index contributed by atoms with van der Waals surface area (Å²) in [5, 5.41) is 8.93. The first-order chi connectivity index (χ1) is 8.88. The molecule has 2 heterocycles. The van der Waals surface area contributed by atoms with E-state index in [0.29, 0.717) is 11.7 Å². The fourth-order valence-electron chi connectivity index (χ4n) is 3.42. The lowest BCUT2D eigenvalue weighted by atomic mass is 9.78. The second-order valence-electron chi connectivity index (χ2n) is 5.30. The standard InChI is InChI=1S/C14H18N4/c15-10-12-7-8-16-14(17-12)18-9-3-5-11-4-1-2-6-13(11)18/h7-8,11,13H,1-6,9H2. The molecular weight excluding hydrogens is 224 g/mol. The monoisotopic (exact) mass is 242 g/mol. The third kappa shape index (κ3) is 2.05. The summed E-state index contributed by atoms with van der Waals surface area (Å²) in [6.45, 7) is 1.04. The molecule has 4 nitrogen and oxygen atoms in total. The van der Waals surface area contributed by atoms with Crippen molar-refractivity contribution in [3.05, 3.63) is 18.0 Å². The first kappa shape index (κ1) is 11.5. The third-order valence-electron chi connectivity index (χ3n) is 4.26. The second kappa shape index (κ2) is 4.93. The van der Waals surface area contributed by atoms with Crippen LogP contribution in [0.4, 0.5) is 5.95 Å². The summed E-state index contributed by atoms with van der Waals surface area (Å²) < 4.78 is 0. The predicted octanol–water partition coefficient (Wildman–Crippen LogP) is 2.51. The van der Waals surface area contributed by atoms with Crippen molar-refractivity contribution < 1.29 is 0 Å². The summed E-state index contributed by atoms with van der Waals surface area (Å²) >= 11 is 0. The smallest absolute Gasteiger partial charge is 0.226 e. The van der Waals surface area contributed by atoms with Crippen molar-refractivity contribution >= 4 is 5.95 Å². The van der Waals surface area contributed by atoms with E-state index in [9.17, 15) is 0 Å². The minimum atomic E-state index is 0.470. The zero-order valence-corrected chi connectivity index (χ0v) is 10.5. The Morgan fingerprint density at radius 3 is 2.94 bits per heavy atom. The van der Waals surface area contributed by atoms with Gasteiger partial charge in [-0.2, -0.15) is 5.26 Å². The highest BCUT2D eigenvalue weighted by Gasteiger charge is 2.34. The molecule has 1 aromatic heterocycles. The van der Waals surface area contributed by atoms with E-state index in [-0.39, 0.29) is 0 Å². The van der Waals surface area contributed by atoms with E-state index < -0.39 is 0 Å². The fourth-order valence-corrected chi connectivity index (χ4v) is 3.42. The van der Waals surface area contributed by atoms with E-state index in [0.717, 1.165) is 18.4 Å². The highest BCUT2D eigenvalue weighted by atomic mass is 15.3. The molecule has 2 aliphatic rings. The molecule has 2 unspecified atom stereocenters. The van der Waals surface area contributed by atoms with Gasteiger partial charge in [-0.25, -0.2) is 9.97 Å². The molecule has 2 atom stereocenters. The molecule has 0 N–H and O–H groups in total. The van der Waals surface area contributed by atoms with Crippen molar-refractivity contribution in [1.29, 1.82) is 5.26 Å². The van der Waals surface area contributed by atoms with E-state index >= 15 is 0 Å². The number of anilines is 1. The Labute approximate surface area is 108 Å². The number of fused-ring (bicyclic) bond motifs is 1. The Balaban J connectivity index is 1.87. The van der Waals surface area contributed by atoms with Crippen LogP contribution in [0.2, 0.25) is 0 Å². The van der Waals surface area contributed by atoms with Gasteiger partial charge in [-0.15, -0.1) is 0 Å². The zero-order valence-electron chi connectivity index (χ0n) is 10.5. The van der Waals surface area contributed by atoms with E-state index in [1.807, 2.05) is 0 Å². The van der Waals surface area contributed by atoms with Crippen molar-refractivity contribution in [2.24, 2.45) is 5.92 Å². The summed E-state index contributed by atoms with van der Waals surface area (Å²) in [7, 11) is 0. The molecule has 4 heteroatoms. The van der Waals surface area contributed by atoms with Gasteiger partial charge >= 0.3 is 0 Å². The van der Waals surface area contributed by atoms with Crippen LogP contribution in [-0.4, -0.2) is 22.6 Å². The molecule has 1 aliphatic carbocycles. The third-order valence-corrected chi connectivity index (χ3v) is 4.26. The second-order valence-corrected chi connectivity index (χ2v) is 5.30. The van der Waals surface area contributed by atoms with Crippen LogP contribution in [0.3, 0.4) is 0 Å². The van der Waals surface area contributed by atoms with E-state index in [1.165, 1.54) is 38.5 Å². The van der Waals surface area contributed by atoms with Crippen LogP contribution < -0.4 is 4.90 Å². The van der Waals surface area contributed by atoms with E-state index in [4.69, 9.17) is 5.26 Å². The van der Waals surface area contributed by atoms with E-state index in [2.05, 4.69) is 20.9 Å². The molecule has 1 saturated carbocycles. The average molecular weight is 242 g/mol. The van der Waals surface area contributed by atoms with Gasteiger partial charge in [0.25, 0.3) is 0 Å². The maximum Gasteiger partial charge on any atom is 0.226 e. The maximum absolute atomic E-state index is 8.93. The predicted molar refractivity (Wildman–Crippen MR) is 69.1 cm³/mol. The Bertz CT molecular complexity index is 463. The van der Waals surface area contributed by atoms with Crippen LogP contribution in [0, 0.1) is 17.2 Å². The fraction of sp³-hybridized carbons (Fsp3) is 0.643. The van der Waals surface area contributed by atoms with Gasteiger partial charge in [0.05, 0.1) is 0 Å². The highest BCUT2D eigenvalue weighted by Crippen LogP contribution is 2.36. The first-order valence-corrected chi connectivity index (χ1v) is 6.88. The van der Waals surface area contributed by atoms with Crippen molar-refractivity contribution in [1.82, 2.24) is 9.97 Å². The van der Waals surface area contributed by atoms with Crippen LogP contribution in [-0.2, 0) is 0 Å². The summed E-state index contributed by atoms with van der Waals surface area (Å²) in [6, 6.07) is 4.37. The normalized spacial score (nSPS) is 27.4. The Hall–Kier alpha value is -1.63. The van der Waals surface area contributed by atoms with Gasteiger partial charge in [-0.1, -0.05) is 12.8 Å². The minimum absolute atomic E-state index is 0.470. The molecular formula is C14H18N4. The van der Waals surface area contributed by atoms with Crippen molar-refractivity contribution in [2.75, 3.05) is 11.4 Å². The largest absolute Gasteiger partial charge is 0.338 e. The molecule has 0 radical (unpaired) electrons. The summed E-state index contributed by atoms with van der Waals surface area (Å²) in [6.07, 6.45) is 9.56. The van der Waals surface area contributed by atoms with Crippen LogP contribution in [0.25, 0.3) is 0 Å². The molecule has 1 aliphatic heterocycles. The molecule has 2 fully saturated rings. The maximum atomic E-state index is 8.93. The number of hydrogen-bond acceptors (Lipinski definition) is 4. The zero-order chi connectivity index (χ0) is 12.4. The van der Waals surface area contributed by atoms with E-state index in [1.54, 1.807) is 12.3 Å². The molecule has 0 aromatic carbocycles. The molecule has 1 saturated heterocycles. The lowest BCUT2D eigenvalue weighted by Gasteiger charge is -2.44. The van der Waals surface area contributed by atoms with Crippen LogP contribution >= 0.6 is 0 Å². The summed E-state index contributed by atoms with van der Waals surface area (Å²) in [4.78, 5) is 11.1. The van der Waals surface area contributed by atoms with Crippen LogP contribution in [0.5, 0.6) is 0 Å². The topological polar surface area (TPSA) is 52.8 Å². The Morgan fingerprint density at radius 1 is 1.22 bits per heavy atom. The van der Waals surface area contributed by atoms with Gasteiger partial charge in [0, 0.05) is 18.8 Å². The van der Waals surface area contributed by atoms with Crippen LogP contribution in [0.15, 0.2) is 12.3 Å². The average Bonchev–Trinajstić information content (AvgIpc) is 2.47. The molecule has 3 rings (SSSR count).